The topological polar surface area (TPSA) is 35.8 Å². The number of aliphatic hydroxyl groups is 1. The molecule has 0 atom stereocenters. The van der Waals surface area contributed by atoms with Gasteiger partial charge in [0.1, 0.15) is 0 Å². The van der Waals surface area contributed by atoms with E-state index in [-0.39, 0.29) is 6.61 Å². The SMILES string of the molecule is CSc1cc(C2=C(CCO)SC3=NCCN32)cc2sccc12. The van der Waals surface area contributed by atoms with Crippen molar-refractivity contribution in [1.82, 2.24) is 4.90 Å². The number of hydrogen-bond donors (Lipinski definition) is 1. The van der Waals surface area contributed by atoms with Crippen LogP contribution in [0.4, 0.5) is 0 Å². The van der Waals surface area contributed by atoms with Gasteiger partial charge in [-0.3, -0.25) is 4.99 Å². The van der Waals surface area contributed by atoms with Gasteiger partial charge in [-0.2, -0.15) is 0 Å². The zero-order valence-corrected chi connectivity index (χ0v) is 14.7. The van der Waals surface area contributed by atoms with Crippen LogP contribution in [0.5, 0.6) is 0 Å². The molecule has 6 heteroatoms. The zero-order valence-electron chi connectivity index (χ0n) is 12.2. The van der Waals surface area contributed by atoms with E-state index < -0.39 is 0 Å². The third-order valence-electron chi connectivity index (χ3n) is 3.92. The second-order valence-corrected chi connectivity index (χ2v) is 8.03. The van der Waals surface area contributed by atoms with Crippen molar-refractivity contribution in [2.45, 2.75) is 11.3 Å². The van der Waals surface area contributed by atoms with Crippen LogP contribution in [0.3, 0.4) is 0 Å². The summed E-state index contributed by atoms with van der Waals surface area (Å²) in [7, 11) is 0. The van der Waals surface area contributed by atoms with Crippen LogP contribution in [0.25, 0.3) is 15.8 Å². The summed E-state index contributed by atoms with van der Waals surface area (Å²) < 4.78 is 1.33. The fourth-order valence-electron chi connectivity index (χ4n) is 2.96. The molecule has 0 radical (unpaired) electrons. The zero-order chi connectivity index (χ0) is 15.1. The van der Waals surface area contributed by atoms with Crippen LogP contribution < -0.4 is 0 Å². The molecule has 1 aromatic heterocycles. The van der Waals surface area contributed by atoms with Gasteiger partial charge in [0.2, 0.25) is 0 Å². The predicted molar refractivity (Wildman–Crippen MR) is 98.8 cm³/mol. The Labute approximate surface area is 142 Å². The van der Waals surface area contributed by atoms with Gasteiger partial charge < -0.3 is 10.0 Å². The van der Waals surface area contributed by atoms with Gasteiger partial charge in [-0.15, -0.1) is 23.1 Å². The minimum Gasteiger partial charge on any atom is -0.396 e. The van der Waals surface area contributed by atoms with E-state index in [1.54, 1.807) is 34.9 Å². The Hall–Kier alpha value is -0.950. The molecule has 0 spiro atoms. The highest BCUT2D eigenvalue weighted by Crippen LogP contribution is 2.45. The number of nitrogens with zero attached hydrogens (tertiary/aromatic N) is 2. The van der Waals surface area contributed by atoms with Crippen LogP contribution in [0.15, 0.2) is 38.4 Å². The number of benzene rings is 1. The summed E-state index contributed by atoms with van der Waals surface area (Å²) in [5, 5.41) is 14.0. The van der Waals surface area contributed by atoms with Crippen molar-refractivity contribution in [3.05, 3.63) is 34.0 Å². The van der Waals surface area contributed by atoms with E-state index in [1.165, 1.54) is 31.1 Å². The summed E-state index contributed by atoms with van der Waals surface area (Å²) in [6, 6.07) is 6.77. The Morgan fingerprint density at radius 1 is 1.41 bits per heavy atom. The molecule has 0 unspecified atom stereocenters. The lowest BCUT2D eigenvalue weighted by molar-refractivity contribution is 0.301. The van der Waals surface area contributed by atoms with Gasteiger partial charge in [0.15, 0.2) is 5.17 Å². The smallest absolute Gasteiger partial charge is 0.168 e. The van der Waals surface area contributed by atoms with E-state index in [1.807, 2.05) is 0 Å². The molecule has 0 saturated heterocycles. The number of thiophene rings is 1. The highest BCUT2D eigenvalue weighted by atomic mass is 32.2. The second kappa shape index (κ2) is 5.92. The van der Waals surface area contributed by atoms with Crippen molar-refractivity contribution < 1.29 is 5.11 Å². The fourth-order valence-corrected chi connectivity index (χ4v) is 5.71. The predicted octanol–water partition coefficient (Wildman–Crippen LogP) is 4.09. The van der Waals surface area contributed by atoms with Crippen LogP contribution in [0, 0.1) is 0 Å². The van der Waals surface area contributed by atoms with E-state index in [4.69, 9.17) is 0 Å². The van der Waals surface area contributed by atoms with E-state index in [2.05, 4.69) is 39.7 Å². The molecule has 22 heavy (non-hydrogen) atoms. The van der Waals surface area contributed by atoms with Crippen LogP contribution >= 0.6 is 34.9 Å². The third-order valence-corrected chi connectivity index (χ3v) is 6.73. The van der Waals surface area contributed by atoms with Gasteiger partial charge in [0.25, 0.3) is 0 Å². The van der Waals surface area contributed by atoms with Gasteiger partial charge in [0.05, 0.1) is 12.2 Å². The first-order valence-corrected chi connectivity index (χ1v) is 10.1. The van der Waals surface area contributed by atoms with Crippen LogP contribution in [0.1, 0.15) is 12.0 Å². The molecule has 4 rings (SSSR count). The molecule has 0 aliphatic carbocycles. The van der Waals surface area contributed by atoms with E-state index >= 15 is 0 Å². The molecular formula is C16H16N2OS3. The van der Waals surface area contributed by atoms with Crippen LogP contribution in [-0.2, 0) is 0 Å². The molecule has 0 amide bonds. The first kappa shape index (κ1) is 14.6. The van der Waals surface area contributed by atoms with Crippen molar-refractivity contribution in [3.8, 4) is 0 Å². The maximum atomic E-state index is 9.39. The Kier molecular flexibility index (Phi) is 3.94. The fraction of sp³-hybridized carbons (Fsp3) is 0.312. The van der Waals surface area contributed by atoms with E-state index in [0.717, 1.165) is 18.3 Å². The number of rotatable bonds is 4. The van der Waals surface area contributed by atoms with Crippen LogP contribution in [0.2, 0.25) is 0 Å². The lowest BCUT2D eigenvalue weighted by Gasteiger charge is -2.18. The third kappa shape index (κ3) is 2.29. The van der Waals surface area contributed by atoms with E-state index in [0.29, 0.717) is 6.42 Å². The quantitative estimate of drug-likeness (QED) is 0.844. The summed E-state index contributed by atoms with van der Waals surface area (Å²) in [6.07, 6.45) is 2.83. The molecule has 0 saturated carbocycles. The second-order valence-electron chi connectivity index (χ2n) is 5.17. The number of aliphatic hydroxyl groups excluding tert-OH is 1. The largest absolute Gasteiger partial charge is 0.396 e. The monoisotopic (exact) mass is 348 g/mol. The summed E-state index contributed by atoms with van der Waals surface area (Å²) >= 11 is 5.31. The Bertz CT molecular complexity index is 794. The van der Waals surface area contributed by atoms with Crippen molar-refractivity contribution in [1.29, 1.82) is 0 Å². The molecule has 114 valence electrons. The maximum Gasteiger partial charge on any atom is 0.168 e. The number of thioether (sulfide) groups is 2. The first-order valence-electron chi connectivity index (χ1n) is 7.21. The number of amidine groups is 1. The van der Waals surface area contributed by atoms with Crippen molar-refractivity contribution >= 4 is 55.8 Å². The first-order chi connectivity index (χ1) is 10.8. The average molecular weight is 349 g/mol. The van der Waals surface area contributed by atoms with Gasteiger partial charge in [0, 0.05) is 45.0 Å². The molecule has 2 aliphatic heterocycles. The molecule has 3 heterocycles. The minimum absolute atomic E-state index is 0.184. The van der Waals surface area contributed by atoms with Gasteiger partial charge in [-0.1, -0.05) is 11.8 Å². The Morgan fingerprint density at radius 3 is 3.14 bits per heavy atom. The summed E-state index contributed by atoms with van der Waals surface area (Å²) in [4.78, 5) is 9.45. The Morgan fingerprint density at radius 2 is 2.32 bits per heavy atom. The van der Waals surface area contributed by atoms with Crippen molar-refractivity contribution in [2.24, 2.45) is 4.99 Å². The summed E-state index contributed by atoms with van der Waals surface area (Å²) in [6.45, 7) is 2.00. The standard InChI is InChI=1S/C16H16N2OS3/c1-20-13-8-10(9-14-11(13)3-7-21-14)15-12(2-6-19)22-16-17-4-5-18(15)16/h3,7-9,19H,2,4-6H2,1H3. The van der Waals surface area contributed by atoms with Crippen molar-refractivity contribution in [3.63, 3.8) is 0 Å². The lowest BCUT2D eigenvalue weighted by atomic mass is 10.1. The van der Waals surface area contributed by atoms with Gasteiger partial charge in [-0.05, 0) is 29.8 Å². The molecule has 1 N–H and O–H groups in total. The normalized spacial score (nSPS) is 17.5. The number of hydrogen-bond acceptors (Lipinski definition) is 6. The molecule has 0 bridgehead atoms. The molecule has 3 nitrogen and oxygen atoms in total. The van der Waals surface area contributed by atoms with Crippen LogP contribution in [-0.4, -0.2) is 41.1 Å². The minimum atomic E-state index is 0.184. The van der Waals surface area contributed by atoms with Crippen molar-refractivity contribution in [2.75, 3.05) is 26.0 Å². The molecule has 1 aromatic carbocycles. The molecule has 2 aromatic rings. The van der Waals surface area contributed by atoms with Gasteiger partial charge >= 0.3 is 0 Å². The average Bonchev–Trinajstić information content (AvgIpc) is 3.20. The highest BCUT2D eigenvalue weighted by Gasteiger charge is 2.32. The summed E-state index contributed by atoms with van der Waals surface area (Å²) in [5.41, 5.74) is 2.50. The molecular weight excluding hydrogens is 332 g/mol. The molecule has 2 aliphatic rings. The number of aliphatic imine (C=N–C) groups is 1. The Balaban J connectivity index is 1.88. The van der Waals surface area contributed by atoms with Gasteiger partial charge in [-0.25, -0.2) is 0 Å². The summed E-state index contributed by atoms with van der Waals surface area (Å²) in [5.74, 6) is 0. The highest BCUT2D eigenvalue weighted by molar-refractivity contribution is 8.17. The number of fused-ring (bicyclic) bond motifs is 2. The van der Waals surface area contributed by atoms with E-state index in [9.17, 15) is 5.11 Å². The lowest BCUT2D eigenvalue weighted by Crippen LogP contribution is -2.20. The molecule has 0 fully saturated rings. The maximum absolute atomic E-state index is 9.39.